The molecule has 8 heteroatoms. The van der Waals surface area contributed by atoms with Gasteiger partial charge in [0, 0.05) is 37.2 Å². The smallest absolute Gasteiger partial charge is 0.146 e. The van der Waals surface area contributed by atoms with Gasteiger partial charge in [-0.2, -0.15) is 0 Å². The predicted octanol–water partition coefficient (Wildman–Crippen LogP) is 3.64. The first-order valence-electron chi connectivity index (χ1n) is 11.2. The summed E-state index contributed by atoms with van der Waals surface area (Å²) in [4.78, 5) is 13.0. The highest BCUT2D eigenvalue weighted by Crippen LogP contribution is 2.37. The minimum atomic E-state index is -0.611. The number of hydrogen-bond donors (Lipinski definition) is 2. The molecule has 0 amide bonds. The van der Waals surface area contributed by atoms with E-state index in [0.29, 0.717) is 32.2 Å². The number of aliphatic hydroxyl groups excluding tert-OH is 1. The maximum absolute atomic E-state index is 10.4. The van der Waals surface area contributed by atoms with Crippen LogP contribution in [0.4, 0.5) is 5.82 Å². The molecule has 0 spiro atoms. The Kier molecular flexibility index (Phi) is 8.05. The molecule has 1 aliphatic heterocycles. The van der Waals surface area contributed by atoms with Gasteiger partial charge >= 0.3 is 0 Å². The molecule has 1 unspecified atom stereocenters. The normalized spacial score (nSPS) is 16.0. The van der Waals surface area contributed by atoms with Crippen LogP contribution in [0.1, 0.15) is 19.7 Å². The van der Waals surface area contributed by atoms with Crippen molar-refractivity contribution in [3.8, 4) is 11.1 Å². The van der Waals surface area contributed by atoms with Crippen LogP contribution in [0.5, 0.6) is 0 Å². The van der Waals surface area contributed by atoms with Crippen molar-refractivity contribution in [1.82, 2.24) is 14.9 Å². The Morgan fingerprint density at radius 1 is 1.16 bits per heavy atom. The number of aromatic nitrogens is 2. The second kappa shape index (κ2) is 11.2. The molecule has 2 aromatic heterocycles. The summed E-state index contributed by atoms with van der Waals surface area (Å²) < 4.78 is 11.1. The summed E-state index contributed by atoms with van der Waals surface area (Å²) in [6.07, 6.45) is -0.611. The second-order valence-corrected chi connectivity index (χ2v) is 9.40. The van der Waals surface area contributed by atoms with Gasteiger partial charge < -0.3 is 19.9 Å². The second-order valence-electron chi connectivity index (χ2n) is 8.54. The molecular weight excluding hydrogens is 424 g/mol. The zero-order chi connectivity index (χ0) is 22.3. The van der Waals surface area contributed by atoms with Crippen molar-refractivity contribution in [3.05, 3.63) is 41.5 Å². The van der Waals surface area contributed by atoms with E-state index in [4.69, 9.17) is 19.4 Å². The Morgan fingerprint density at radius 3 is 2.69 bits per heavy atom. The van der Waals surface area contributed by atoms with E-state index in [1.807, 2.05) is 18.2 Å². The minimum absolute atomic E-state index is 0.301. The minimum Gasteiger partial charge on any atom is -0.389 e. The van der Waals surface area contributed by atoms with Gasteiger partial charge in [-0.1, -0.05) is 44.2 Å². The van der Waals surface area contributed by atoms with Gasteiger partial charge in [-0.15, -0.1) is 11.3 Å². The van der Waals surface area contributed by atoms with Crippen molar-refractivity contribution in [2.24, 2.45) is 5.92 Å². The van der Waals surface area contributed by atoms with Crippen LogP contribution in [-0.4, -0.2) is 72.1 Å². The largest absolute Gasteiger partial charge is 0.389 e. The topological polar surface area (TPSA) is 79.7 Å². The van der Waals surface area contributed by atoms with E-state index >= 15 is 0 Å². The molecule has 7 nitrogen and oxygen atoms in total. The van der Waals surface area contributed by atoms with Gasteiger partial charge in [0.25, 0.3) is 0 Å². The number of nitrogens with one attached hydrogen (secondary N) is 1. The summed E-state index contributed by atoms with van der Waals surface area (Å²) in [5.41, 5.74) is 2.24. The maximum Gasteiger partial charge on any atom is 0.146 e. The zero-order valence-corrected chi connectivity index (χ0v) is 19.6. The van der Waals surface area contributed by atoms with Gasteiger partial charge in [-0.05, 0) is 11.5 Å². The van der Waals surface area contributed by atoms with Gasteiger partial charge in [0.2, 0.25) is 0 Å². The molecule has 1 fully saturated rings. The van der Waals surface area contributed by atoms with Crippen molar-refractivity contribution in [3.63, 3.8) is 0 Å². The van der Waals surface area contributed by atoms with E-state index in [1.54, 1.807) is 11.3 Å². The average molecular weight is 457 g/mol. The van der Waals surface area contributed by atoms with E-state index in [-0.39, 0.29) is 0 Å². The van der Waals surface area contributed by atoms with Crippen molar-refractivity contribution in [2.75, 3.05) is 51.4 Å². The number of benzene rings is 1. The molecule has 2 N–H and O–H groups in total. The van der Waals surface area contributed by atoms with Crippen LogP contribution in [-0.2, 0) is 16.0 Å². The van der Waals surface area contributed by atoms with Gasteiger partial charge in [0.05, 0.1) is 37.9 Å². The molecule has 0 aliphatic carbocycles. The molecule has 1 aromatic carbocycles. The molecule has 32 heavy (non-hydrogen) atoms. The quantitative estimate of drug-likeness (QED) is 0.482. The summed E-state index contributed by atoms with van der Waals surface area (Å²) in [5.74, 6) is 1.99. The maximum atomic E-state index is 10.4. The number of ether oxygens (including phenoxy) is 2. The van der Waals surface area contributed by atoms with Gasteiger partial charge in [0.15, 0.2) is 0 Å². The number of anilines is 1. The number of aliphatic hydroxyl groups is 1. The summed E-state index contributed by atoms with van der Waals surface area (Å²) in [6, 6.07) is 10.3. The molecule has 1 saturated heterocycles. The van der Waals surface area contributed by atoms with E-state index < -0.39 is 6.10 Å². The van der Waals surface area contributed by atoms with E-state index in [9.17, 15) is 5.11 Å². The van der Waals surface area contributed by atoms with Crippen LogP contribution in [0.3, 0.4) is 0 Å². The third-order valence-corrected chi connectivity index (χ3v) is 6.17. The third kappa shape index (κ3) is 6.02. The van der Waals surface area contributed by atoms with E-state index in [1.165, 1.54) is 0 Å². The number of nitrogens with zero attached hydrogens (tertiary/aromatic N) is 3. The zero-order valence-electron chi connectivity index (χ0n) is 18.8. The Bertz CT molecular complexity index is 990. The molecule has 3 aromatic rings. The fourth-order valence-electron chi connectivity index (χ4n) is 3.69. The van der Waals surface area contributed by atoms with Crippen molar-refractivity contribution in [2.45, 2.75) is 26.5 Å². The molecule has 172 valence electrons. The first kappa shape index (κ1) is 23.1. The predicted molar refractivity (Wildman–Crippen MR) is 129 cm³/mol. The lowest BCUT2D eigenvalue weighted by Gasteiger charge is -2.26. The van der Waals surface area contributed by atoms with Gasteiger partial charge in [-0.3, -0.25) is 4.90 Å². The highest BCUT2D eigenvalue weighted by atomic mass is 32.1. The van der Waals surface area contributed by atoms with Crippen molar-refractivity contribution < 1.29 is 14.6 Å². The molecule has 3 heterocycles. The number of fused-ring (bicyclic) bond motifs is 1. The lowest BCUT2D eigenvalue weighted by molar-refractivity contribution is 0.0316. The van der Waals surface area contributed by atoms with Crippen molar-refractivity contribution in [1.29, 1.82) is 0 Å². The number of morpholine rings is 1. The molecule has 1 atom stereocenters. The Labute approximate surface area is 193 Å². The van der Waals surface area contributed by atoms with Crippen LogP contribution < -0.4 is 5.32 Å². The standard InChI is InChI=1S/C24H32N4O3S/c1-17(2)14-31-15-19(29)12-25-23-22-20(18-6-4-3-5-7-18)16-32-24(22)27-21(26-23)13-28-8-10-30-11-9-28/h3-7,16-17,19,29H,8-15H2,1-2H3,(H,25,26,27). The lowest BCUT2D eigenvalue weighted by Crippen LogP contribution is -2.36. The molecule has 0 saturated carbocycles. The number of thiophene rings is 1. The molecule has 4 rings (SSSR count). The summed E-state index contributed by atoms with van der Waals surface area (Å²) in [6.45, 7) is 9.44. The van der Waals surface area contributed by atoms with Crippen LogP contribution in [0, 0.1) is 5.92 Å². The van der Waals surface area contributed by atoms with Crippen LogP contribution >= 0.6 is 11.3 Å². The summed E-state index contributed by atoms with van der Waals surface area (Å²) in [7, 11) is 0. The van der Waals surface area contributed by atoms with Gasteiger partial charge in [-0.25, -0.2) is 9.97 Å². The fourth-order valence-corrected chi connectivity index (χ4v) is 4.65. The fraction of sp³-hybridized carbons (Fsp3) is 0.500. The number of rotatable bonds is 10. The highest BCUT2D eigenvalue weighted by Gasteiger charge is 2.19. The van der Waals surface area contributed by atoms with Crippen LogP contribution in [0.25, 0.3) is 21.3 Å². The monoisotopic (exact) mass is 456 g/mol. The molecule has 1 aliphatic rings. The van der Waals surface area contributed by atoms with E-state index in [2.05, 4.69) is 41.6 Å². The molecule has 0 bridgehead atoms. The molecule has 0 radical (unpaired) electrons. The first-order chi connectivity index (χ1) is 15.6. The highest BCUT2D eigenvalue weighted by molar-refractivity contribution is 7.17. The first-order valence-corrected chi connectivity index (χ1v) is 12.1. The average Bonchev–Trinajstić information content (AvgIpc) is 3.23. The van der Waals surface area contributed by atoms with E-state index in [0.717, 1.165) is 59.3 Å². The SMILES string of the molecule is CC(C)COCC(O)CNc1nc(CN2CCOCC2)nc2scc(-c3ccccc3)c12. The Morgan fingerprint density at radius 2 is 1.94 bits per heavy atom. The van der Waals surface area contributed by atoms with Crippen LogP contribution in [0.2, 0.25) is 0 Å². The Hall–Kier alpha value is -2.10. The lowest BCUT2D eigenvalue weighted by atomic mass is 10.1. The third-order valence-electron chi connectivity index (χ3n) is 5.30. The molecular formula is C24H32N4O3S. The summed E-state index contributed by atoms with van der Waals surface area (Å²) >= 11 is 1.63. The van der Waals surface area contributed by atoms with Crippen molar-refractivity contribution >= 4 is 27.4 Å². The summed E-state index contributed by atoms with van der Waals surface area (Å²) in [5, 5.41) is 16.9. The van der Waals surface area contributed by atoms with Crippen LogP contribution in [0.15, 0.2) is 35.7 Å². The number of hydrogen-bond acceptors (Lipinski definition) is 8. The Balaban J connectivity index is 1.58. The van der Waals surface area contributed by atoms with Gasteiger partial charge in [0.1, 0.15) is 16.5 Å².